The van der Waals surface area contributed by atoms with Crippen LogP contribution in [0.15, 0.2) is 87.5 Å². The van der Waals surface area contributed by atoms with Crippen LogP contribution < -0.4 is 21.9 Å². The van der Waals surface area contributed by atoms with E-state index < -0.39 is 173 Å². The minimum atomic E-state index is -7.22. The zero-order valence-corrected chi connectivity index (χ0v) is 36.2. The third-order valence-corrected chi connectivity index (χ3v) is 13.2. The number of alkyl halides is 5. The van der Waals surface area contributed by atoms with Gasteiger partial charge in [0.25, 0.3) is 0 Å². The minimum Gasteiger partial charge on any atom is -0.207 e. The Kier molecular flexibility index (Phi) is 15.1. The smallest absolute Gasteiger partial charge is 0.207 e. The second kappa shape index (κ2) is 19.9. The molecule has 0 bridgehead atoms. The molecule has 73 heavy (non-hydrogen) atoms. The van der Waals surface area contributed by atoms with Gasteiger partial charge in [0.1, 0.15) is 52.7 Å². The van der Waals surface area contributed by atoms with Crippen molar-refractivity contribution < 1.29 is 110 Å². The van der Waals surface area contributed by atoms with E-state index in [-0.39, 0.29) is 0 Å². The molecule has 0 aliphatic heterocycles. The van der Waals surface area contributed by atoms with E-state index >= 15 is 35.1 Å². The molecule has 0 saturated carbocycles. The molecular formula is C46H18BF25S. The van der Waals surface area contributed by atoms with Crippen LogP contribution in [0.5, 0.6) is 0 Å². The molecule has 0 amide bonds. The van der Waals surface area contributed by atoms with Gasteiger partial charge in [0.15, 0.2) is 84.5 Å². The fourth-order valence-electron chi connectivity index (χ4n) is 7.61. The van der Waals surface area contributed by atoms with Crippen LogP contribution in [-0.2, 0) is 16.8 Å². The van der Waals surface area contributed by atoms with E-state index in [9.17, 15) is 74.6 Å². The normalized spacial score (nSPS) is 12.2. The van der Waals surface area contributed by atoms with Crippen molar-refractivity contribution in [2.45, 2.75) is 40.6 Å². The number of benzene rings is 7. The lowest BCUT2D eigenvalue weighted by Gasteiger charge is -2.44. The van der Waals surface area contributed by atoms with Gasteiger partial charge in [0.05, 0.1) is 10.9 Å². The average Bonchev–Trinajstić information content (AvgIpc) is 3.35. The van der Waals surface area contributed by atoms with E-state index in [0.717, 1.165) is 33.1 Å². The summed E-state index contributed by atoms with van der Waals surface area (Å²) in [5.74, 6) is -76.3. The molecule has 0 aliphatic carbocycles. The fourth-order valence-corrected chi connectivity index (χ4v) is 9.71. The third-order valence-electron chi connectivity index (χ3n) is 11.0. The predicted octanol–water partition coefficient (Wildman–Crippen LogP) is 12.9. The van der Waals surface area contributed by atoms with E-state index in [1.54, 1.807) is 6.07 Å². The van der Waals surface area contributed by atoms with Crippen LogP contribution >= 0.6 is 0 Å². The van der Waals surface area contributed by atoms with E-state index in [0.29, 0.717) is 4.90 Å². The van der Waals surface area contributed by atoms with Gasteiger partial charge in [-0.1, -0.05) is 47.5 Å². The van der Waals surface area contributed by atoms with Crippen molar-refractivity contribution in [2.24, 2.45) is 0 Å². The van der Waals surface area contributed by atoms with Gasteiger partial charge in [-0.3, -0.25) is 0 Å². The SMILES string of the molecule is Cc1ccc([S+](c2ccc(C)cc2)c2cccc(C(F)(F)C(F)(F)F)c2)cc1.Fc1c(F)c(F)c([B-](c2c(F)c(F)c(F)c(F)c2F)(c2c(F)c(F)c(F)c(F)c2F)c2c(F)c(F)c(F)c(F)c2F)c(F)c1F. The first-order valence-corrected chi connectivity index (χ1v) is 20.7. The van der Waals surface area contributed by atoms with Gasteiger partial charge >= 0.3 is 12.1 Å². The lowest BCUT2D eigenvalue weighted by molar-refractivity contribution is -0.289. The first-order valence-electron chi connectivity index (χ1n) is 19.5. The average molecular weight is 1090 g/mol. The summed E-state index contributed by atoms with van der Waals surface area (Å²) in [6.45, 7) is 3.86. The number of hydrogen-bond acceptors (Lipinski definition) is 0. The van der Waals surface area contributed by atoms with Crippen LogP contribution in [0.2, 0.25) is 0 Å². The van der Waals surface area contributed by atoms with Gasteiger partial charge in [0, 0.05) is 11.6 Å². The Morgan fingerprint density at radius 2 is 0.534 bits per heavy atom. The van der Waals surface area contributed by atoms with Gasteiger partial charge in [-0.05, 0) is 44.2 Å². The summed E-state index contributed by atoms with van der Waals surface area (Å²) in [6, 6.07) is 19.8. The van der Waals surface area contributed by atoms with E-state index in [2.05, 4.69) is 0 Å². The van der Waals surface area contributed by atoms with E-state index in [1.807, 2.05) is 62.4 Å². The molecule has 27 heteroatoms. The summed E-state index contributed by atoms with van der Waals surface area (Å²) in [7, 11) is -0.804. The lowest BCUT2D eigenvalue weighted by Crippen LogP contribution is -2.81. The number of rotatable bonds is 8. The topological polar surface area (TPSA) is 0 Å². The van der Waals surface area contributed by atoms with Gasteiger partial charge in [-0.25, -0.2) is 87.8 Å². The highest BCUT2D eigenvalue weighted by Crippen LogP contribution is 2.45. The first kappa shape index (κ1) is 55.5. The maximum Gasteiger partial charge on any atom is 0.458 e. The first-order chi connectivity index (χ1) is 33.8. The Hall–Kier alpha value is -6.80. The zero-order chi connectivity index (χ0) is 54.9. The molecule has 0 radical (unpaired) electrons. The van der Waals surface area contributed by atoms with Crippen molar-refractivity contribution in [1.82, 2.24) is 0 Å². The number of hydrogen-bond donors (Lipinski definition) is 0. The molecule has 0 N–H and O–H groups in total. The molecule has 0 nitrogen and oxygen atoms in total. The second-order valence-electron chi connectivity index (χ2n) is 15.3. The minimum absolute atomic E-state index is 0.411. The van der Waals surface area contributed by atoms with Crippen molar-refractivity contribution in [2.75, 3.05) is 0 Å². The molecule has 386 valence electrons. The lowest BCUT2D eigenvalue weighted by atomic mass is 9.12. The highest BCUT2D eigenvalue weighted by Gasteiger charge is 2.59. The highest BCUT2D eigenvalue weighted by atomic mass is 32.2. The maximum atomic E-state index is 15.4. The van der Waals surface area contributed by atoms with Crippen LogP contribution in [0, 0.1) is 130 Å². The number of aryl methyl sites for hydroxylation is 2. The molecule has 0 heterocycles. The summed E-state index contributed by atoms with van der Waals surface area (Å²) < 4.78 is 360. The molecule has 7 aromatic rings. The van der Waals surface area contributed by atoms with Gasteiger partial charge in [0.2, 0.25) is 0 Å². The predicted molar refractivity (Wildman–Crippen MR) is 210 cm³/mol. The highest BCUT2D eigenvalue weighted by molar-refractivity contribution is 7.97. The Morgan fingerprint density at radius 3 is 0.767 bits per heavy atom. The maximum absolute atomic E-state index is 15.4. The molecule has 0 saturated heterocycles. The summed E-state index contributed by atoms with van der Waals surface area (Å²) in [5.41, 5.74) is -13.3. The van der Waals surface area contributed by atoms with Crippen molar-refractivity contribution >= 4 is 38.9 Å². The molecule has 7 aromatic carbocycles. The molecule has 7 rings (SSSR count). The Bertz CT molecular complexity index is 2890. The van der Waals surface area contributed by atoms with Gasteiger partial charge in [-0.2, -0.15) is 22.0 Å². The van der Waals surface area contributed by atoms with Crippen molar-refractivity contribution in [3.8, 4) is 0 Å². The quantitative estimate of drug-likeness (QED) is 0.0468. The van der Waals surface area contributed by atoms with Crippen LogP contribution in [0.4, 0.5) is 110 Å². The van der Waals surface area contributed by atoms with E-state index in [4.69, 9.17) is 0 Å². The van der Waals surface area contributed by atoms with Crippen molar-refractivity contribution in [3.05, 3.63) is 206 Å². The van der Waals surface area contributed by atoms with Crippen LogP contribution in [0.25, 0.3) is 0 Å². The van der Waals surface area contributed by atoms with Crippen LogP contribution in [0.3, 0.4) is 0 Å². The molecule has 0 fully saturated rings. The summed E-state index contributed by atoms with van der Waals surface area (Å²) in [4.78, 5) is 2.11. The molecule has 0 spiro atoms. The van der Waals surface area contributed by atoms with Crippen molar-refractivity contribution in [3.63, 3.8) is 0 Å². The zero-order valence-electron chi connectivity index (χ0n) is 35.4. The second-order valence-corrected chi connectivity index (χ2v) is 17.4. The molecule has 0 aliphatic rings. The Labute approximate surface area is 394 Å². The molecule has 0 unspecified atom stereocenters. The van der Waals surface area contributed by atoms with Gasteiger partial charge in [-0.15, -0.1) is 21.9 Å². The summed E-state index contributed by atoms with van der Waals surface area (Å²) in [6.07, 6.45) is -12.9. The molecular weight excluding hydrogens is 1070 g/mol. The summed E-state index contributed by atoms with van der Waals surface area (Å²) >= 11 is 0. The van der Waals surface area contributed by atoms with Crippen LogP contribution in [-0.4, -0.2) is 12.3 Å². The monoisotopic (exact) mass is 1090 g/mol. The standard InChI is InChI=1S/C24BF20.C22H18F5S/c26-5-1(6(27)14(35)21(42)13(5)34)25(2-7(28)15(36)22(43)16(37)8(2)29,3-9(30)17(38)23(44)18(39)10(3)31)4-11(32)19(40)24(45)20(41)12(4)33;1-15-6-10-18(11-7-15)28(19-12-8-16(2)9-13-19)20-5-3-4-17(14-20)21(23,24)22(25,26)27/h;3-14H,1-2H3/q-1;+1. The van der Waals surface area contributed by atoms with Crippen molar-refractivity contribution in [1.29, 1.82) is 0 Å². The van der Waals surface area contributed by atoms with Gasteiger partial charge < -0.3 is 0 Å². The molecule has 0 atom stereocenters. The summed E-state index contributed by atoms with van der Waals surface area (Å²) in [5, 5.41) is 0. The Morgan fingerprint density at radius 1 is 0.301 bits per heavy atom. The molecule has 0 aromatic heterocycles. The third kappa shape index (κ3) is 8.99. The number of halogens is 25. The largest absolute Gasteiger partial charge is 0.458 e. The van der Waals surface area contributed by atoms with E-state index in [1.165, 1.54) is 6.07 Å². The Balaban J connectivity index is 0.000000265. The fraction of sp³-hybridized carbons (Fsp3) is 0.0870. The van der Waals surface area contributed by atoms with Crippen LogP contribution in [0.1, 0.15) is 16.7 Å².